The van der Waals surface area contributed by atoms with Gasteiger partial charge in [0.1, 0.15) is 5.78 Å². The summed E-state index contributed by atoms with van der Waals surface area (Å²) in [6.45, 7) is 7.99. The molecule has 0 unspecified atom stereocenters. The van der Waals surface area contributed by atoms with Crippen molar-refractivity contribution in [2.75, 3.05) is 13.2 Å². The van der Waals surface area contributed by atoms with Crippen LogP contribution in [-0.4, -0.2) is 33.3 Å². The van der Waals surface area contributed by atoms with Gasteiger partial charge in [-0.05, 0) is 28.3 Å². The minimum atomic E-state index is -2.49. The van der Waals surface area contributed by atoms with Crippen LogP contribution in [0.4, 0.5) is 0 Å². The molecule has 1 saturated heterocycles. The van der Waals surface area contributed by atoms with Gasteiger partial charge in [-0.1, -0.05) is 81.4 Å². The summed E-state index contributed by atoms with van der Waals surface area (Å²) in [7, 11) is -2.49. The molecule has 3 rings (SSSR count). The highest BCUT2D eigenvalue weighted by atomic mass is 28.4. The molecule has 0 bridgehead atoms. The van der Waals surface area contributed by atoms with Crippen LogP contribution in [0.2, 0.25) is 5.04 Å². The van der Waals surface area contributed by atoms with Gasteiger partial charge in [-0.15, -0.1) is 0 Å². The van der Waals surface area contributed by atoms with Crippen molar-refractivity contribution in [2.45, 2.75) is 51.1 Å². The van der Waals surface area contributed by atoms with Crippen LogP contribution in [0.1, 0.15) is 40.0 Å². The zero-order valence-electron chi connectivity index (χ0n) is 16.7. The zero-order chi connectivity index (χ0) is 19.3. The molecule has 144 valence electrons. The molecule has 4 heteroatoms. The molecule has 1 N–H and O–H groups in total. The van der Waals surface area contributed by atoms with Crippen LogP contribution in [0.3, 0.4) is 0 Å². The number of ketones is 1. The van der Waals surface area contributed by atoms with Gasteiger partial charge in [0, 0.05) is 12.5 Å². The molecule has 0 amide bonds. The van der Waals surface area contributed by atoms with E-state index >= 15 is 0 Å². The third-order valence-electron chi connectivity index (χ3n) is 5.51. The summed E-state index contributed by atoms with van der Waals surface area (Å²) in [5.74, 6) is 0.308. The normalized spacial score (nSPS) is 18.9. The Labute approximate surface area is 164 Å². The molecule has 1 aliphatic heterocycles. The van der Waals surface area contributed by atoms with Gasteiger partial charge in [-0.2, -0.15) is 0 Å². The van der Waals surface area contributed by atoms with E-state index < -0.39 is 8.32 Å². The first-order valence-electron chi connectivity index (χ1n) is 9.93. The SMILES string of the molecule is CC(C)(C)[Si](OC[C@@H]1CCCC(=O)CN1)(c1ccccc1)c1ccccc1. The summed E-state index contributed by atoms with van der Waals surface area (Å²) >= 11 is 0. The number of Topliss-reactive ketones (excluding diaryl/α,β-unsaturated/α-hetero) is 1. The lowest BCUT2D eigenvalue weighted by Gasteiger charge is -2.43. The maximum atomic E-state index is 11.7. The van der Waals surface area contributed by atoms with Gasteiger partial charge in [0.15, 0.2) is 0 Å². The van der Waals surface area contributed by atoms with E-state index in [1.165, 1.54) is 10.4 Å². The Morgan fingerprint density at radius 2 is 1.56 bits per heavy atom. The summed E-state index contributed by atoms with van der Waals surface area (Å²) in [4.78, 5) is 11.7. The van der Waals surface area contributed by atoms with Crippen LogP contribution >= 0.6 is 0 Å². The highest BCUT2D eigenvalue weighted by molar-refractivity contribution is 6.99. The van der Waals surface area contributed by atoms with Crippen molar-refractivity contribution in [3.8, 4) is 0 Å². The third-order valence-corrected chi connectivity index (χ3v) is 10.5. The Hall–Kier alpha value is -1.75. The average Bonchev–Trinajstić information content (AvgIpc) is 2.87. The lowest BCUT2D eigenvalue weighted by atomic mass is 10.1. The summed E-state index contributed by atoms with van der Waals surface area (Å²) in [5, 5.41) is 5.99. The lowest BCUT2D eigenvalue weighted by Crippen LogP contribution is -2.67. The maximum Gasteiger partial charge on any atom is 0.261 e. The minimum Gasteiger partial charge on any atom is -0.406 e. The van der Waals surface area contributed by atoms with E-state index in [1.807, 2.05) is 0 Å². The number of hydrogen-bond acceptors (Lipinski definition) is 3. The minimum absolute atomic E-state index is 0.0176. The Morgan fingerprint density at radius 1 is 1.00 bits per heavy atom. The van der Waals surface area contributed by atoms with E-state index in [0.29, 0.717) is 25.4 Å². The van der Waals surface area contributed by atoms with Crippen LogP contribution in [0.5, 0.6) is 0 Å². The van der Waals surface area contributed by atoms with Gasteiger partial charge < -0.3 is 9.74 Å². The van der Waals surface area contributed by atoms with E-state index in [2.05, 4.69) is 86.8 Å². The average molecular weight is 382 g/mol. The molecule has 3 nitrogen and oxygen atoms in total. The first kappa shape index (κ1) is 20.0. The van der Waals surface area contributed by atoms with Crippen molar-refractivity contribution in [1.82, 2.24) is 5.32 Å². The maximum absolute atomic E-state index is 11.7. The molecule has 2 aromatic rings. The summed E-state index contributed by atoms with van der Waals surface area (Å²) in [6, 6.07) is 21.7. The molecule has 1 heterocycles. The van der Waals surface area contributed by atoms with Gasteiger partial charge in [-0.25, -0.2) is 0 Å². The predicted octanol–water partition coefficient (Wildman–Crippen LogP) is 3.27. The van der Waals surface area contributed by atoms with Crippen molar-refractivity contribution in [2.24, 2.45) is 0 Å². The van der Waals surface area contributed by atoms with Gasteiger partial charge in [-0.3, -0.25) is 4.79 Å². The molecule has 2 aromatic carbocycles. The molecule has 1 aliphatic rings. The smallest absolute Gasteiger partial charge is 0.261 e. The van der Waals surface area contributed by atoms with Crippen LogP contribution in [0, 0.1) is 0 Å². The number of benzene rings is 2. The molecule has 0 saturated carbocycles. The van der Waals surface area contributed by atoms with Gasteiger partial charge >= 0.3 is 0 Å². The number of rotatable bonds is 5. The Morgan fingerprint density at radius 3 is 2.07 bits per heavy atom. The number of carbonyl (C=O) groups excluding carboxylic acids is 1. The Balaban J connectivity index is 1.98. The van der Waals surface area contributed by atoms with Crippen molar-refractivity contribution in [1.29, 1.82) is 0 Å². The number of nitrogens with one attached hydrogen (secondary N) is 1. The van der Waals surface area contributed by atoms with Crippen LogP contribution in [-0.2, 0) is 9.22 Å². The Bertz CT molecular complexity index is 700. The molecule has 0 aromatic heterocycles. The fourth-order valence-electron chi connectivity index (χ4n) is 4.12. The van der Waals surface area contributed by atoms with Gasteiger partial charge in [0.25, 0.3) is 8.32 Å². The second kappa shape index (κ2) is 8.51. The number of hydrogen-bond donors (Lipinski definition) is 1. The summed E-state index contributed by atoms with van der Waals surface area (Å²) in [6.07, 6.45) is 2.62. The summed E-state index contributed by atoms with van der Waals surface area (Å²) < 4.78 is 6.96. The molecule has 0 spiro atoms. The first-order chi connectivity index (χ1) is 12.9. The van der Waals surface area contributed by atoms with Crippen LogP contribution in [0.25, 0.3) is 0 Å². The van der Waals surface area contributed by atoms with E-state index in [1.54, 1.807) is 0 Å². The van der Waals surface area contributed by atoms with Crippen molar-refractivity contribution in [3.05, 3.63) is 60.7 Å². The molecule has 0 aliphatic carbocycles. The Kier molecular flexibility index (Phi) is 6.30. The fourth-order valence-corrected chi connectivity index (χ4v) is 8.73. The van der Waals surface area contributed by atoms with Crippen LogP contribution < -0.4 is 15.7 Å². The predicted molar refractivity (Wildman–Crippen MR) is 114 cm³/mol. The molecule has 1 fully saturated rings. The van der Waals surface area contributed by atoms with Crippen molar-refractivity contribution in [3.63, 3.8) is 0 Å². The highest BCUT2D eigenvalue weighted by Crippen LogP contribution is 2.36. The third kappa shape index (κ3) is 4.40. The monoisotopic (exact) mass is 381 g/mol. The quantitative estimate of drug-likeness (QED) is 0.808. The van der Waals surface area contributed by atoms with E-state index in [9.17, 15) is 4.79 Å². The molecular weight excluding hydrogens is 350 g/mol. The van der Waals surface area contributed by atoms with E-state index in [-0.39, 0.29) is 11.1 Å². The molecule has 1 atom stereocenters. The highest BCUT2D eigenvalue weighted by Gasteiger charge is 2.50. The van der Waals surface area contributed by atoms with E-state index in [0.717, 1.165) is 12.8 Å². The second-order valence-corrected chi connectivity index (χ2v) is 12.8. The topological polar surface area (TPSA) is 38.3 Å². The molecular formula is C23H31NO2Si. The van der Waals surface area contributed by atoms with Crippen molar-refractivity contribution >= 4 is 24.5 Å². The summed E-state index contributed by atoms with van der Waals surface area (Å²) in [5.41, 5.74) is 0. The van der Waals surface area contributed by atoms with Gasteiger partial charge in [0.05, 0.1) is 13.2 Å². The standard InChI is InChI=1S/C23H31NO2Si/c1-23(2,3)27(21-13-6-4-7-14-21,22-15-8-5-9-16-22)26-18-19-11-10-12-20(25)17-24-19/h4-9,13-16,19,24H,10-12,17-18H2,1-3H3/t19-/m0/s1. The molecule has 0 radical (unpaired) electrons. The lowest BCUT2D eigenvalue weighted by molar-refractivity contribution is -0.118. The second-order valence-electron chi connectivity index (χ2n) is 8.48. The van der Waals surface area contributed by atoms with Crippen molar-refractivity contribution < 1.29 is 9.22 Å². The number of carbonyl (C=O) groups is 1. The largest absolute Gasteiger partial charge is 0.406 e. The van der Waals surface area contributed by atoms with Gasteiger partial charge in [0.2, 0.25) is 0 Å². The van der Waals surface area contributed by atoms with Crippen LogP contribution in [0.15, 0.2) is 60.7 Å². The van der Waals surface area contributed by atoms with E-state index in [4.69, 9.17) is 4.43 Å². The molecule has 27 heavy (non-hydrogen) atoms. The first-order valence-corrected chi connectivity index (χ1v) is 11.8. The zero-order valence-corrected chi connectivity index (χ0v) is 17.7. The fraction of sp³-hybridized carbons (Fsp3) is 0.435.